The summed E-state index contributed by atoms with van der Waals surface area (Å²) in [6.07, 6.45) is 0. The second kappa shape index (κ2) is 7.09. The Balaban J connectivity index is 1.42. The summed E-state index contributed by atoms with van der Waals surface area (Å²) in [5, 5.41) is 12.3. The first-order chi connectivity index (χ1) is 12.7. The van der Waals surface area contributed by atoms with E-state index in [1.165, 1.54) is 29.5 Å². The monoisotopic (exact) mass is 368 g/mol. The van der Waals surface area contributed by atoms with Crippen LogP contribution in [0.2, 0.25) is 0 Å². The van der Waals surface area contributed by atoms with Gasteiger partial charge >= 0.3 is 0 Å². The van der Waals surface area contributed by atoms with E-state index in [0.29, 0.717) is 34.1 Å². The van der Waals surface area contributed by atoms with E-state index >= 15 is 0 Å². The van der Waals surface area contributed by atoms with Gasteiger partial charge in [-0.15, -0.1) is 10.2 Å². The van der Waals surface area contributed by atoms with Crippen molar-refractivity contribution in [2.45, 2.75) is 17.9 Å². The van der Waals surface area contributed by atoms with Gasteiger partial charge in [0.1, 0.15) is 5.82 Å². The van der Waals surface area contributed by atoms with Crippen LogP contribution in [0.4, 0.5) is 4.39 Å². The SMILES string of the molecule is Cc1ccc(-c2noc(CSc3nnc(-c4ccc(F)cc4)o3)n2)cc1. The minimum atomic E-state index is -0.316. The average Bonchev–Trinajstić information content (AvgIpc) is 3.31. The van der Waals surface area contributed by atoms with Gasteiger partial charge < -0.3 is 8.94 Å². The number of hydrogen-bond acceptors (Lipinski definition) is 7. The van der Waals surface area contributed by atoms with Crippen LogP contribution in [0.25, 0.3) is 22.8 Å². The Morgan fingerprint density at radius 3 is 2.46 bits per heavy atom. The molecule has 0 aliphatic heterocycles. The topological polar surface area (TPSA) is 77.8 Å². The average molecular weight is 368 g/mol. The molecule has 0 spiro atoms. The predicted molar refractivity (Wildman–Crippen MR) is 93.7 cm³/mol. The summed E-state index contributed by atoms with van der Waals surface area (Å²) in [4.78, 5) is 4.37. The van der Waals surface area contributed by atoms with Crippen LogP contribution in [-0.4, -0.2) is 20.3 Å². The molecule has 0 atom stereocenters. The van der Waals surface area contributed by atoms with Crippen LogP contribution < -0.4 is 0 Å². The van der Waals surface area contributed by atoms with Crippen LogP contribution in [0.1, 0.15) is 11.5 Å². The van der Waals surface area contributed by atoms with Crippen molar-refractivity contribution >= 4 is 11.8 Å². The minimum Gasteiger partial charge on any atom is -0.411 e. The number of benzene rings is 2. The highest BCUT2D eigenvalue weighted by Crippen LogP contribution is 2.26. The van der Waals surface area contributed by atoms with Gasteiger partial charge in [0.05, 0.1) is 5.75 Å². The summed E-state index contributed by atoms with van der Waals surface area (Å²) >= 11 is 1.29. The molecule has 4 aromatic rings. The normalized spacial score (nSPS) is 11.0. The zero-order valence-electron chi connectivity index (χ0n) is 13.7. The first-order valence-electron chi connectivity index (χ1n) is 7.79. The molecule has 2 aromatic carbocycles. The Labute approximate surface area is 152 Å². The standard InChI is InChI=1S/C18H13FN4O2S/c1-11-2-4-12(5-3-11)16-20-15(25-23-16)10-26-18-22-21-17(24-18)13-6-8-14(19)9-7-13/h2-9H,10H2,1H3. The summed E-state index contributed by atoms with van der Waals surface area (Å²) < 4.78 is 23.8. The molecule has 130 valence electrons. The van der Waals surface area contributed by atoms with Crippen molar-refractivity contribution in [3.63, 3.8) is 0 Å². The molecule has 0 aliphatic carbocycles. The fourth-order valence-electron chi connectivity index (χ4n) is 2.23. The van der Waals surface area contributed by atoms with E-state index in [0.717, 1.165) is 5.56 Å². The quantitative estimate of drug-likeness (QED) is 0.479. The van der Waals surface area contributed by atoms with Gasteiger partial charge in [0.25, 0.3) is 5.22 Å². The van der Waals surface area contributed by atoms with Crippen molar-refractivity contribution < 1.29 is 13.3 Å². The highest BCUT2D eigenvalue weighted by Gasteiger charge is 2.13. The molecule has 8 heteroatoms. The van der Waals surface area contributed by atoms with Crippen molar-refractivity contribution in [1.82, 2.24) is 20.3 Å². The van der Waals surface area contributed by atoms with E-state index < -0.39 is 0 Å². The molecule has 26 heavy (non-hydrogen) atoms. The fraction of sp³-hybridized carbons (Fsp3) is 0.111. The Kier molecular flexibility index (Phi) is 4.49. The lowest BCUT2D eigenvalue weighted by Gasteiger charge is -1.94. The fourth-order valence-corrected chi connectivity index (χ4v) is 2.83. The summed E-state index contributed by atoms with van der Waals surface area (Å²) in [5.41, 5.74) is 2.72. The summed E-state index contributed by atoms with van der Waals surface area (Å²) in [6.45, 7) is 2.02. The van der Waals surface area contributed by atoms with Crippen LogP contribution in [0.15, 0.2) is 62.7 Å². The molecule has 0 N–H and O–H groups in total. The molecule has 0 aliphatic rings. The van der Waals surface area contributed by atoms with Crippen molar-refractivity contribution in [1.29, 1.82) is 0 Å². The first-order valence-corrected chi connectivity index (χ1v) is 8.78. The van der Waals surface area contributed by atoms with Gasteiger partial charge in [-0.1, -0.05) is 46.7 Å². The lowest BCUT2D eigenvalue weighted by atomic mass is 10.1. The van der Waals surface area contributed by atoms with Crippen LogP contribution in [0.5, 0.6) is 0 Å². The summed E-state index contributed by atoms with van der Waals surface area (Å²) in [5.74, 6) is 1.43. The molecule has 0 bridgehead atoms. The lowest BCUT2D eigenvalue weighted by Crippen LogP contribution is -1.83. The third-order valence-electron chi connectivity index (χ3n) is 3.59. The third kappa shape index (κ3) is 3.65. The maximum Gasteiger partial charge on any atom is 0.277 e. The molecule has 2 aromatic heterocycles. The summed E-state index contributed by atoms with van der Waals surface area (Å²) in [7, 11) is 0. The first kappa shape index (κ1) is 16.5. The van der Waals surface area contributed by atoms with Crippen LogP contribution in [0.3, 0.4) is 0 Å². The third-order valence-corrected chi connectivity index (χ3v) is 4.40. The zero-order chi connectivity index (χ0) is 17.9. The van der Waals surface area contributed by atoms with Gasteiger partial charge in [-0.2, -0.15) is 4.98 Å². The van der Waals surface area contributed by atoms with Gasteiger partial charge in [-0.05, 0) is 31.2 Å². The molecule has 0 unspecified atom stereocenters. The van der Waals surface area contributed by atoms with Gasteiger partial charge in [0.2, 0.25) is 17.6 Å². The molecule has 0 amide bonds. The predicted octanol–water partition coefficient (Wildman–Crippen LogP) is 4.53. The van der Waals surface area contributed by atoms with Crippen molar-refractivity contribution in [3.05, 3.63) is 65.8 Å². The Morgan fingerprint density at radius 1 is 0.962 bits per heavy atom. The Hall–Kier alpha value is -3.00. The highest BCUT2D eigenvalue weighted by molar-refractivity contribution is 7.98. The number of thioether (sulfide) groups is 1. The van der Waals surface area contributed by atoms with E-state index in [9.17, 15) is 4.39 Å². The van der Waals surface area contributed by atoms with Gasteiger partial charge in [0, 0.05) is 11.1 Å². The van der Waals surface area contributed by atoms with Gasteiger partial charge in [-0.3, -0.25) is 0 Å². The molecule has 0 saturated heterocycles. The molecular formula is C18H13FN4O2S. The molecular weight excluding hydrogens is 355 g/mol. The van der Waals surface area contributed by atoms with Crippen LogP contribution in [-0.2, 0) is 5.75 Å². The number of aromatic nitrogens is 4. The number of aryl methyl sites for hydroxylation is 1. The Bertz CT molecular complexity index is 929. The molecule has 2 heterocycles. The number of rotatable bonds is 5. The molecule has 6 nitrogen and oxygen atoms in total. The maximum atomic E-state index is 13.0. The smallest absolute Gasteiger partial charge is 0.277 e. The summed E-state index contributed by atoms with van der Waals surface area (Å²) in [6, 6.07) is 13.8. The van der Waals surface area contributed by atoms with E-state index in [2.05, 4.69) is 20.3 Å². The molecule has 4 rings (SSSR count). The lowest BCUT2D eigenvalue weighted by molar-refractivity contribution is 0.391. The number of nitrogens with zero attached hydrogens (tertiary/aromatic N) is 4. The van der Waals surface area contributed by atoms with E-state index in [4.69, 9.17) is 8.94 Å². The second-order valence-electron chi connectivity index (χ2n) is 5.55. The molecule has 0 saturated carbocycles. The molecule has 0 fully saturated rings. The largest absolute Gasteiger partial charge is 0.411 e. The number of halogens is 1. The van der Waals surface area contributed by atoms with Gasteiger partial charge in [0.15, 0.2) is 0 Å². The van der Waals surface area contributed by atoms with Gasteiger partial charge in [-0.25, -0.2) is 4.39 Å². The highest BCUT2D eigenvalue weighted by atomic mass is 32.2. The van der Waals surface area contributed by atoms with Crippen LogP contribution >= 0.6 is 11.8 Å². The minimum absolute atomic E-state index is 0.316. The van der Waals surface area contributed by atoms with Crippen LogP contribution in [0, 0.1) is 12.7 Å². The van der Waals surface area contributed by atoms with Crippen molar-refractivity contribution in [2.75, 3.05) is 0 Å². The van der Waals surface area contributed by atoms with Crippen molar-refractivity contribution in [3.8, 4) is 22.8 Å². The van der Waals surface area contributed by atoms with E-state index in [-0.39, 0.29) is 5.82 Å². The van der Waals surface area contributed by atoms with E-state index in [1.807, 2.05) is 31.2 Å². The van der Waals surface area contributed by atoms with E-state index in [1.54, 1.807) is 12.1 Å². The second-order valence-corrected chi connectivity index (χ2v) is 6.47. The zero-order valence-corrected chi connectivity index (χ0v) is 14.5. The number of hydrogen-bond donors (Lipinski definition) is 0. The maximum absolute atomic E-state index is 13.0. The Morgan fingerprint density at radius 2 is 1.69 bits per heavy atom. The van der Waals surface area contributed by atoms with Crippen molar-refractivity contribution in [2.24, 2.45) is 0 Å². The molecule has 0 radical (unpaired) electrons.